The second kappa shape index (κ2) is 27.5. The molecule has 0 saturated carbocycles. The molecule has 0 aliphatic rings. The number of halogens is 1. The largest absolute Gasteiger partial charge is 0.417 e. The van der Waals surface area contributed by atoms with Gasteiger partial charge in [0.05, 0.1) is 6.16 Å². The molecule has 0 aliphatic heterocycles. The average molecular weight is 899 g/mol. The minimum Gasteiger partial charge on any atom is -0.417 e. The third kappa shape index (κ3) is 18.9. The van der Waals surface area contributed by atoms with E-state index in [1.165, 1.54) is 93.0 Å². The maximum Gasteiger partial charge on any atom is 0.191 e. The van der Waals surface area contributed by atoms with Crippen molar-refractivity contribution in [3.8, 4) is 0 Å². The highest BCUT2D eigenvalue weighted by atomic mass is 79.9. The van der Waals surface area contributed by atoms with E-state index < -0.39 is 23.9 Å². The molecule has 0 spiro atoms. The maximum atomic E-state index is 6.55. The first-order chi connectivity index (χ1) is 26.5. The molecule has 6 heteroatoms. The van der Waals surface area contributed by atoms with Crippen LogP contribution in [0, 0.1) is 0 Å². The summed E-state index contributed by atoms with van der Waals surface area (Å²) in [4.78, 5) is 0. The zero-order valence-electron chi connectivity index (χ0n) is 38.9. The molecule has 0 atom stereocenters. The van der Waals surface area contributed by atoms with Gasteiger partial charge in [0.15, 0.2) is 16.6 Å². The second-order valence-electron chi connectivity index (χ2n) is 19.1. The van der Waals surface area contributed by atoms with Crippen molar-refractivity contribution in [3.63, 3.8) is 0 Å². The second-order valence-corrected chi connectivity index (χ2v) is 32.3. The van der Waals surface area contributed by atoms with Crippen LogP contribution in [-0.4, -0.2) is 36.0 Å². The first kappa shape index (κ1) is 53.7. The molecule has 0 aliphatic carbocycles. The van der Waals surface area contributed by atoms with E-state index in [1.54, 1.807) is 5.57 Å². The summed E-state index contributed by atoms with van der Waals surface area (Å²) in [6.45, 7) is 29.7. The molecule has 0 radical (unpaired) electrons. The third-order valence-corrected chi connectivity index (χ3v) is 26.1. The number of unbranched alkanes of at least 4 members (excludes halogenated alkanes) is 8. The Kier molecular flexibility index (Phi) is 25.9. The molecule has 3 aromatic rings. The Morgan fingerprint density at radius 3 is 1.21 bits per heavy atom. The Morgan fingerprint density at radius 2 is 0.860 bits per heavy atom. The monoisotopic (exact) mass is 898 g/mol. The van der Waals surface area contributed by atoms with Crippen LogP contribution in [0.1, 0.15) is 145 Å². The van der Waals surface area contributed by atoms with Gasteiger partial charge in [-0.15, -0.1) is 17.0 Å². The summed E-state index contributed by atoms with van der Waals surface area (Å²) in [7, 11) is -5.05. The van der Waals surface area contributed by atoms with Crippen molar-refractivity contribution >= 4 is 56.8 Å². The lowest BCUT2D eigenvalue weighted by atomic mass is 9.99. The topological polar surface area (TPSA) is 18.5 Å². The van der Waals surface area contributed by atoms with Gasteiger partial charge < -0.3 is 8.85 Å². The van der Waals surface area contributed by atoms with Crippen molar-refractivity contribution in [1.82, 2.24) is 0 Å². The zero-order valence-corrected chi connectivity index (χ0v) is 43.5. The van der Waals surface area contributed by atoms with Crippen LogP contribution in [0.4, 0.5) is 0 Å². The summed E-state index contributed by atoms with van der Waals surface area (Å²) < 4.78 is 12.9. The number of hydrogen-bond donors (Lipinski definition) is 0. The van der Waals surface area contributed by atoms with Crippen LogP contribution < -0.4 is 15.9 Å². The summed E-state index contributed by atoms with van der Waals surface area (Å²) in [5.74, 6) is 0. The minimum absolute atomic E-state index is 0. The number of rotatable bonds is 24. The Balaban J connectivity index is 0.000000568. The van der Waals surface area contributed by atoms with Gasteiger partial charge in [0.2, 0.25) is 0 Å². The molecule has 0 amide bonds. The van der Waals surface area contributed by atoms with E-state index in [4.69, 9.17) is 8.85 Å². The normalized spacial score (nSPS) is 12.4. The average Bonchev–Trinajstić information content (AvgIpc) is 3.16. The highest BCUT2D eigenvalue weighted by Crippen LogP contribution is 2.55. The first-order valence-corrected chi connectivity index (χ1v) is 30.3. The van der Waals surface area contributed by atoms with E-state index in [0.29, 0.717) is 5.04 Å². The van der Waals surface area contributed by atoms with E-state index in [-0.39, 0.29) is 22.0 Å². The number of benzene rings is 3. The standard InChI is InChI=1S/C27H36OPSi.C24H50OSi.BrH/c1-27(2,3)30(4,5)28-22-15-23-29(24-16-9-6-10-17-24,25-18-11-7-12-19-25)26-20-13-8-14-21-26;1-8-10-12-14-16-19-23(20-17-15-13-11-9-2)21-18-22-25-26(6,7)24(3,4)5;/h6-14,16-21H,15,22-23H2,1-5H3;21H,8-20,22H2,1-7H3;1H/q+1;;. The van der Waals surface area contributed by atoms with Crippen LogP contribution >= 0.6 is 24.2 Å². The van der Waals surface area contributed by atoms with E-state index in [1.807, 2.05) is 0 Å². The number of allylic oxidation sites excluding steroid dienone is 1. The lowest BCUT2D eigenvalue weighted by Gasteiger charge is -2.36. The van der Waals surface area contributed by atoms with Gasteiger partial charge >= 0.3 is 0 Å². The summed E-state index contributed by atoms with van der Waals surface area (Å²) in [6, 6.07) is 33.4. The molecule has 0 N–H and O–H groups in total. The minimum atomic E-state index is -1.74. The third-order valence-electron chi connectivity index (χ3n) is 12.5. The van der Waals surface area contributed by atoms with Crippen molar-refractivity contribution < 1.29 is 8.85 Å². The van der Waals surface area contributed by atoms with Crippen molar-refractivity contribution in [2.45, 2.75) is 182 Å². The SMILES string of the molecule is Br.CC(C)(C)[Si](C)(C)OCCC[P+](c1ccccc1)(c1ccccc1)c1ccccc1.CCCCCCCC(=CCCO[Si](C)(C)C(C)(C)C)CCCCCCC. The molecule has 0 heterocycles. The summed E-state index contributed by atoms with van der Waals surface area (Å²) in [5.41, 5.74) is 1.71. The van der Waals surface area contributed by atoms with Crippen LogP contribution in [0.5, 0.6) is 0 Å². The van der Waals surface area contributed by atoms with E-state index in [9.17, 15) is 0 Å². The van der Waals surface area contributed by atoms with Gasteiger partial charge in [-0.05, 0) is 105 Å². The Hall–Kier alpha value is -1.34. The van der Waals surface area contributed by atoms with Gasteiger partial charge in [-0.25, -0.2) is 0 Å². The molecule has 2 nitrogen and oxygen atoms in total. The fourth-order valence-electron chi connectivity index (χ4n) is 6.76. The van der Waals surface area contributed by atoms with E-state index in [2.05, 4.69) is 179 Å². The van der Waals surface area contributed by atoms with Crippen LogP contribution in [0.15, 0.2) is 103 Å². The highest BCUT2D eigenvalue weighted by Gasteiger charge is 2.45. The van der Waals surface area contributed by atoms with E-state index >= 15 is 0 Å². The Bertz CT molecular complexity index is 1350. The molecule has 3 aromatic carbocycles. The maximum absolute atomic E-state index is 6.55. The summed E-state index contributed by atoms with van der Waals surface area (Å²) >= 11 is 0. The van der Waals surface area contributed by atoms with Crippen LogP contribution in [0.2, 0.25) is 36.3 Å². The predicted molar refractivity (Wildman–Crippen MR) is 271 cm³/mol. The van der Waals surface area contributed by atoms with E-state index in [0.717, 1.165) is 32.2 Å². The quantitative estimate of drug-likeness (QED) is 0.0386. The summed E-state index contributed by atoms with van der Waals surface area (Å²) in [5, 5.41) is 4.93. The van der Waals surface area contributed by atoms with Gasteiger partial charge in [-0.1, -0.05) is 173 Å². The molecule has 3 rings (SSSR count). The number of hydrogen-bond acceptors (Lipinski definition) is 2. The highest BCUT2D eigenvalue weighted by molar-refractivity contribution is 8.93. The molecule has 0 saturated heterocycles. The molecule has 0 unspecified atom stereocenters. The van der Waals surface area contributed by atoms with Crippen molar-refractivity contribution in [2.75, 3.05) is 19.4 Å². The van der Waals surface area contributed by atoms with Gasteiger partial charge in [0, 0.05) is 19.6 Å². The first-order valence-electron chi connectivity index (χ1n) is 22.5. The lowest BCUT2D eigenvalue weighted by Crippen LogP contribution is -2.41. The smallest absolute Gasteiger partial charge is 0.191 e. The van der Waals surface area contributed by atoms with Crippen molar-refractivity contribution in [2.24, 2.45) is 0 Å². The molecule has 0 bridgehead atoms. The van der Waals surface area contributed by atoms with Gasteiger partial charge in [-0.2, -0.15) is 0 Å². The van der Waals surface area contributed by atoms with Crippen LogP contribution in [0.3, 0.4) is 0 Å². The van der Waals surface area contributed by atoms with Gasteiger partial charge in [0.1, 0.15) is 23.2 Å². The fourth-order valence-corrected chi connectivity index (χ4v) is 13.2. The van der Waals surface area contributed by atoms with Crippen LogP contribution in [-0.2, 0) is 8.85 Å². The molecule has 322 valence electrons. The Morgan fingerprint density at radius 1 is 0.509 bits per heavy atom. The zero-order chi connectivity index (χ0) is 41.6. The molecule has 57 heavy (non-hydrogen) atoms. The van der Waals surface area contributed by atoms with Crippen molar-refractivity contribution in [1.29, 1.82) is 0 Å². The molecule has 0 fully saturated rings. The van der Waals surface area contributed by atoms with Gasteiger partial charge in [-0.3, -0.25) is 0 Å². The lowest BCUT2D eigenvalue weighted by molar-refractivity contribution is 0.289. The summed E-state index contributed by atoms with van der Waals surface area (Å²) in [6.07, 6.45) is 22.3. The molecular formula is C51H87BrO2PSi2+. The molecular weight excluding hydrogens is 812 g/mol. The Labute approximate surface area is 367 Å². The van der Waals surface area contributed by atoms with Crippen molar-refractivity contribution in [3.05, 3.63) is 103 Å². The van der Waals surface area contributed by atoms with Crippen LogP contribution in [0.25, 0.3) is 0 Å². The van der Waals surface area contributed by atoms with Gasteiger partial charge in [0.25, 0.3) is 0 Å². The molecule has 0 aromatic heterocycles. The fraction of sp³-hybridized carbons (Fsp3) is 0.608. The predicted octanol–water partition coefficient (Wildman–Crippen LogP) is 16.0.